The average molecular weight is 212 g/mol. The third-order valence-corrected chi connectivity index (χ3v) is 4.02. The molecule has 0 aromatic heterocycles. The summed E-state index contributed by atoms with van der Waals surface area (Å²) in [5.74, 6) is 0.572. The summed E-state index contributed by atoms with van der Waals surface area (Å²) in [6, 6.07) is 0.781. The molecule has 0 amide bonds. The highest BCUT2D eigenvalue weighted by Gasteiger charge is 2.27. The van der Waals surface area contributed by atoms with Gasteiger partial charge in [0.15, 0.2) is 0 Å². The van der Waals surface area contributed by atoms with Gasteiger partial charge in [-0.1, -0.05) is 0 Å². The fraction of sp³-hybridized carbons (Fsp3) is 1.00. The number of rotatable bonds is 2. The van der Waals surface area contributed by atoms with Crippen LogP contribution in [0.5, 0.6) is 0 Å². The summed E-state index contributed by atoms with van der Waals surface area (Å²) < 4.78 is 0. The van der Waals surface area contributed by atoms with Crippen molar-refractivity contribution in [3.05, 3.63) is 0 Å². The van der Waals surface area contributed by atoms with E-state index in [4.69, 9.17) is 5.11 Å². The van der Waals surface area contributed by atoms with Gasteiger partial charge >= 0.3 is 0 Å². The van der Waals surface area contributed by atoms with Gasteiger partial charge in [-0.05, 0) is 58.3 Å². The first kappa shape index (κ1) is 11.4. The third kappa shape index (κ3) is 2.92. The minimum atomic E-state index is 0.387. The Bertz CT molecular complexity index is 190. The topological polar surface area (TPSA) is 26.7 Å². The molecule has 3 heteroatoms. The molecule has 0 bridgehead atoms. The van der Waals surface area contributed by atoms with E-state index in [0.717, 1.165) is 6.04 Å². The molecule has 1 unspecified atom stereocenters. The normalized spacial score (nSPS) is 32.0. The quantitative estimate of drug-likeness (QED) is 0.733. The van der Waals surface area contributed by atoms with Gasteiger partial charge in [0, 0.05) is 19.2 Å². The van der Waals surface area contributed by atoms with Crippen molar-refractivity contribution < 1.29 is 5.11 Å². The minimum Gasteiger partial charge on any atom is -0.396 e. The summed E-state index contributed by atoms with van der Waals surface area (Å²) in [6.45, 7) is 5.29. The van der Waals surface area contributed by atoms with Crippen molar-refractivity contribution >= 4 is 0 Å². The van der Waals surface area contributed by atoms with E-state index in [1.807, 2.05) is 0 Å². The number of aliphatic hydroxyl groups is 1. The number of piperidine rings is 2. The van der Waals surface area contributed by atoms with Crippen LogP contribution in [0.25, 0.3) is 0 Å². The first-order valence-corrected chi connectivity index (χ1v) is 6.33. The van der Waals surface area contributed by atoms with Gasteiger partial charge in [-0.2, -0.15) is 0 Å². The van der Waals surface area contributed by atoms with Gasteiger partial charge in [0.1, 0.15) is 0 Å². The number of hydrogen-bond acceptors (Lipinski definition) is 3. The molecule has 2 fully saturated rings. The number of likely N-dealkylation sites (tertiary alicyclic amines) is 2. The first-order chi connectivity index (χ1) is 7.29. The van der Waals surface area contributed by atoms with E-state index in [1.54, 1.807) is 0 Å². The van der Waals surface area contributed by atoms with Crippen molar-refractivity contribution in [2.45, 2.75) is 31.7 Å². The Balaban J connectivity index is 1.79. The van der Waals surface area contributed by atoms with E-state index < -0.39 is 0 Å². The summed E-state index contributed by atoms with van der Waals surface area (Å²) in [7, 11) is 2.23. The van der Waals surface area contributed by atoms with Gasteiger partial charge < -0.3 is 10.0 Å². The Kier molecular flexibility index (Phi) is 4.00. The smallest absolute Gasteiger partial charge is 0.0460 e. The van der Waals surface area contributed by atoms with Crippen LogP contribution < -0.4 is 0 Å². The van der Waals surface area contributed by atoms with Crippen LogP contribution in [0.1, 0.15) is 25.7 Å². The first-order valence-electron chi connectivity index (χ1n) is 6.33. The molecule has 0 aromatic rings. The number of nitrogens with zero attached hydrogens (tertiary/aromatic N) is 2. The Morgan fingerprint density at radius 2 is 1.87 bits per heavy atom. The van der Waals surface area contributed by atoms with Crippen LogP contribution in [0.3, 0.4) is 0 Å². The van der Waals surface area contributed by atoms with Gasteiger partial charge in [0.2, 0.25) is 0 Å². The lowest BCUT2D eigenvalue weighted by molar-refractivity contribution is 0.0642. The molecule has 2 saturated heterocycles. The lowest BCUT2D eigenvalue weighted by Crippen LogP contribution is -2.49. The van der Waals surface area contributed by atoms with Gasteiger partial charge in [-0.3, -0.25) is 4.90 Å². The minimum absolute atomic E-state index is 0.387. The van der Waals surface area contributed by atoms with Crippen LogP contribution in [-0.4, -0.2) is 60.8 Å². The van der Waals surface area contributed by atoms with Crippen molar-refractivity contribution in [1.82, 2.24) is 9.80 Å². The van der Waals surface area contributed by atoms with E-state index in [2.05, 4.69) is 16.8 Å². The number of hydrogen-bond donors (Lipinski definition) is 1. The van der Waals surface area contributed by atoms with Crippen molar-refractivity contribution in [1.29, 1.82) is 0 Å². The predicted molar refractivity (Wildman–Crippen MR) is 61.9 cm³/mol. The fourth-order valence-corrected chi connectivity index (χ4v) is 2.94. The molecule has 0 aromatic carbocycles. The molecule has 0 aliphatic carbocycles. The van der Waals surface area contributed by atoms with Gasteiger partial charge in [-0.25, -0.2) is 0 Å². The van der Waals surface area contributed by atoms with Crippen molar-refractivity contribution in [3.63, 3.8) is 0 Å². The fourth-order valence-electron chi connectivity index (χ4n) is 2.94. The maximum atomic E-state index is 9.10. The van der Waals surface area contributed by atoms with Crippen molar-refractivity contribution in [2.24, 2.45) is 5.92 Å². The summed E-state index contributed by atoms with van der Waals surface area (Å²) >= 11 is 0. The second kappa shape index (κ2) is 5.28. The van der Waals surface area contributed by atoms with Crippen LogP contribution in [-0.2, 0) is 0 Å². The lowest BCUT2D eigenvalue weighted by Gasteiger charge is -2.41. The largest absolute Gasteiger partial charge is 0.396 e. The summed E-state index contributed by atoms with van der Waals surface area (Å²) in [5, 5.41) is 9.10. The second-order valence-electron chi connectivity index (χ2n) is 5.22. The molecule has 2 rings (SSSR count). The Morgan fingerprint density at radius 1 is 1.13 bits per heavy atom. The summed E-state index contributed by atoms with van der Waals surface area (Å²) in [6.07, 6.45) is 5.10. The van der Waals surface area contributed by atoms with E-state index >= 15 is 0 Å². The maximum Gasteiger partial charge on any atom is 0.0460 e. The Hall–Kier alpha value is -0.120. The molecule has 15 heavy (non-hydrogen) atoms. The average Bonchev–Trinajstić information content (AvgIpc) is 2.29. The van der Waals surface area contributed by atoms with Gasteiger partial charge in [-0.15, -0.1) is 0 Å². The summed E-state index contributed by atoms with van der Waals surface area (Å²) in [5.41, 5.74) is 0. The highest BCUT2D eigenvalue weighted by atomic mass is 16.3. The predicted octanol–water partition coefficient (Wildman–Crippen LogP) is 0.785. The van der Waals surface area contributed by atoms with Crippen LogP contribution in [0.2, 0.25) is 0 Å². The summed E-state index contributed by atoms with van der Waals surface area (Å²) in [4.78, 5) is 5.09. The van der Waals surface area contributed by atoms with Crippen LogP contribution in [0.4, 0.5) is 0 Å². The third-order valence-electron chi connectivity index (χ3n) is 4.02. The molecule has 0 radical (unpaired) electrons. The lowest BCUT2D eigenvalue weighted by atomic mass is 9.94. The van der Waals surface area contributed by atoms with E-state index in [9.17, 15) is 0 Å². The zero-order chi connectivity index (χ0) is 10.7. The van der Waals surface area contributed by atoms with E-state index in [1.165, 1.54) is 51.9 Å². The zero-order valence-corrected chi connectivity index (χ0v) is 9.86. The Morgan fingerprint density at radius 3 is 2.47 bits per heavy atom. The molecular formula is C12H24N2O. The van der Waals surface area contributed by atoms with Crippen molar-refractivity contribution in [2.75, 3.05) is 39.8 Å². The monoisotopic (exact) mass is 212 g/mol. The molecule has 0 spiro atoms. The molecular weight excluding hydrogens is 188 g/mol. The molecule has 2 aliphatic rings. The highest BCUT2D eigenvalue weighted by Crippen LogP contribution is 2.22. The standard InChI is InChI=1S/C12H24N2O/c1-13-6-2-3-12(9-13)14-7-4-11(10-15)5-8-14/h11-12,15H,2-10H2,1H3. The molecule has 0 saturated carbocycles. The van der Waals surface area contributed by atoms with Crippen molar-refractivity contribution in [3.8, 4) is 0 Å². The van der Waals surface area contributed by atoms with Gasteiger partial charge in [0.25, 0.3) is 0 Å². The molecule has 1 N–H and O–H groups in total. The zero-order valence-electron chi connectivity index (χ0n) is 9.86. The molecule has 2 heterocycles. The molecule has 3 nitrogen and oxygen atoms in total. The van der Waals surface area contributed by atoms with E-state index in [0.29, 0.717) is 12.5 Å². The van der Waals surface area contributed by atoms with Crippen LogP contribution >= 0.6 is 0 Å². The van der Waals surface area contributed by atoms with Crippen LogP contribution in [0, 0.1) is 5.92 Å². The second-order valence-corrected chi connectivity index (χ2v) is 5.22. The molecule has 1 atom stereocenters. The number of likely N-dealkylation sites (N-methyl/N-ethyl adjacent to an activating group) is 1. The van der Waals surface area contributed by atoms with Gasteiger partial charge in [0.05, 0.1) is 0 Å². The molecule has 88 valence electrons. The highest BCUT2D eigenvalue weighted by molar-refractivity contribution is 4.82. The SMILES string of the molecule is CN1CCCC(N2CCC(CO)CC2)C1. The Labute approximate surface area is 93.1 Å². The molecule has 2 aliphatic heterocycles. The number of aliphatic hydroxyl groups excluding tert-OH is 1. The van der Waals surface area contributed by atoms with E-state index in [-0.39, 0.29) is 0 Å². The van der Waals surface area contributed by atoms with Crippen LogP contribution in [0.15, 0.2) is 0 Å². The maximum absolute atomic E-state index is 9.10.